The van der Waals surface area contributed by atoms with Crippen LogP contribution >= 0.6 is 0 Å². The van der Waals surface area contributed by atoms with Crippen LogP contribution in [-0.2, 0) is 14.8 Å². The van der Waals surface area contributed by atoms with Gasteiger partial charge >= 0.3 is 0 Å². The van der Waals surface area contributed by atoms with Crippen LogP contribution in [0.3, 0.4) is 0 Å². The first-order valence-corrected chi connectivity index (χ1v) is 11.0. The predicted molar refractivity (Wildman–Crippen MR) is 115 cm³/mol. The highest BCUT2D eigenvalue weighted by atomic mass is 32.2. The van der Waals surface area contributed by atoms with E-state index in [1.165, 1.54) is 4.31 Å². The molecule has 2 aromatic rings. The summed E-state index contributed by atoms with van der Waals surface area (Å²) in [5, 5.41) is 5.35. The Morgan fingerprint density at radius 1 is 1.20 bits per heavy atom. The van der Waals surface area contributed by atoms with Crippen molar-refractivity contribution < 1.29 is 22.7 Å². The fraction of sp³-hybridized carbons (Fsp3) is 0.238. The van der Waals surface area contributed by atoms with Crippen LogP contribution in [0.4, 0.5) is 11.4 Å². The molecule has 0 aromatic heterocycles. The van der Waals surface area contributed by atoms with Crippen LogP contribution in [0.25, 0.3) is 0 Å². The molecule has 3 rings (SSSR count). The Labute approximate surface area is 175 Å². The molecule has 2 amide bonds. The number of rotatable bonds is 7. The van der Waals surface area contributed by atoms with Gasteiger partial charge in [-0.2, -0.15) is 0 Å². The number of sulfonamides is 1. The number of amides is 2. The molecule has 1 atom stereocenters. The summed E-state index contributed by atoms with van der Waals surface area (Å²) in [6.45, 7) is 5.22. The molecule has 0 saturated heterocycles. The van der Waals surface area contributed by atoms with Crippen LogP contribution in [0.2, 0.25) is 0 Å². The second kappa shape index (κ2) is 9.00. The van der Waals surface area contributed by atoms with Crippen LogP contribution in [0.5, 0.6) is 5.75 Å². The van der Waals surface area contributed by atoms with Crippen molar-refractivity contribution in [2.24, 2.45) is 0 Å². The lowest BCUT2D eigenvalue weighted by molar-refractivity contribution is -0.122. The number of nitrogens with one attached hydrogen (secondary N) is 2. The lowest BCUT2D eigenvalue weighted by atomic mass is 10.1. The van der Waals surface area contributed by atoms with E-state index in [1.807, 2.05) is 0 Å². The third kappa shape index (κ3) is 4.46. The zero-order chi connectivity index (χ0) is 21.7. The van der Waals surface area contributed by atoms with E-state index in [2.05, 4.69) is 17.2 Å². The number of anilines is 2. The van der Waals surface area contributed by atoms with Gasteiger partial charge in [0.1, 0.15) is 5.75 Å². The molecule has 8 nitrogen and oxygen atoms in total. The van der Waals surface area contributed by atoms with Gasteiger partial charge in [-0.15, -0.1) is 6.58 Å². The molecule has 2 aromatic carbocycles. The first-order chi connectivity index (χ1) is 14.4. The van der Waals surface area contributed by atoms with Crippen molar-refractivity contribution >= 4 is 33.2 Å². The first-order valence-electron chi connectivity index (χ1n) is 9.42. The summed E-state index contributed by atoms with van der Waals surface area (Å²) in [6.07, 6.45) is 0.473. The lowest BCUT2D eigenvalue weighted by Crippen LogP contribution is -2.49. The monoisotopic (exact) mass is 429 g/mol. The second-order valence-corrected chi connectivity index (χ2v) is 8.72. The molecule has 158 valence electrons. The van der Waals surface area contributed by atoms with Crippen molar-refractivity contribution in [3.63, 3.8) is 0 Å². The third-order valence-electron chi connectivity index (χ3n) is 4.56. The van der Waals surface area contributed by atoms with E-state index in [1.54, 1.807) is 61.5 Å². The Balaban J connectivity index is 1.85. The summed E-state index contributed by atoms with van der Waals surface area (Å²) < 4.78 is 32.1. The summed E-state index contributed by atoms with van der Waals surface area (Å²) in [4.78, 5) is 25.3. The van der Waals surface area contributed by atoms with Gasteiger partial charge in [-0.3, -0.25) is 13.9 Å². The normalized spacial score (nSPS) is 15.5. The van der Waals surface area contributed by atoms with Gasteiger partial charge in [-0.05, 0) is 31.2 Å². The maximum absolute atomic E-state index is 12.9. The van der Waals surface area contributed by atoms with E-state index >= 15 is 0 Å². The fourth-order valence-corrected chi connectivity index (χ4v) is 4.15. The van der Waals surface area contributed by atoms with Gasteiger partial charge in [0.25, 0.3) is 11.8 Å². The third-order valence-corrected chi connectivity index (χ3v) is 6.31. The zero-order valence-electron chi connectivity index (χ0n) is 16.5. The molecule has 30 heavy (non-hydrogen) atoms. The number of ether oxygens (including phenoxy) is 1. The van der Waals surface area contributed by atoms with Gasteiger partial charge < -0.3 is 15.4 Å². The number of benzene rings is 2. The smallest absolute Gasteiger partial charge is 0.267 e. The molecule has 1 aliphatic rings. The maximum atomic E-state index is 12.9. The molecule has 9 heteroatoms. The van der Waals surface area contributed by atoms with Crippen LogP contribution in [0.1, 0.15) is 17.3 Å². The van der Waals surface area contributed by atoms with Crippen LogP contribution in [0, 0.1) is 0 Å². The fourth-order valence-electron chi connectivity index (χ4n) is 3.02. The number of carbonyl (C=O) groups excluding carboxylic acids is 2. The number of para-hydroxylation sites is 3. The molecule has 0 aliphatic carbocycles. The average molecular weight is 429 g/mol. The minimum atomic E-state index is -3.61. The quantitative estimate of drug-likeness (QED) is 0.657. The van der Waals surface area contributed by atoms with Gasteiger partial charge in [0.15, 0.2) is 6.10 Å². The van der Waals surface area contributed by atoms with E-state index in [0.717, 1.165) is 0 Å². The molecule has 1 heterocycles. The largest absolute Gasteiger partial charge is 0.476 e. The van der Waals surface area contributed by atoms with E-state index in [9.17, 15) is 18.0 Å². The molecule has 0 bridgehead atoms. The lowest BCUT2D eigenvalue weighted by Gasteiger charge is -2.34. The topological polar surface area (TPSA) is 105 Å². The van der Waals surface area contributed by atoms with Crippen molar-refractivity contribution in [3.8, 4) is 5.75 Å². The zero-order valence-corrected chi connectivity index (χ0v) is 17.3. The van der Waals surface area contributed by atoms with Gasteiger partial charge in [-0.25, -0.2) is 8.42 Å². The Bertz CT molecular complexity index is 1070. The first kappa shape index (κ1) is 21.4. The van der Waals surface area contributed by atoms with E-state index in [4.69, 9.17) is 4.74 Å². The summed E-state index contributed by atoms with van der Waals surface area (Å²) in [5.74, 6) is -0.722. The van der Waals surface area contributed by atoms with Crippen molar-refractivity contribution in [2.75, 3.05) is 28.5 Å². The number of fused-ring (bicyclic) bond motifs is 1. The standard InChI is InChI=1S/C21H23N3O5S/c1-3-13-22-20(25)15-9-5-6-10-16(15)23-21(26)19-14-24(30(27,28)4-2)17-11-7-8-12-18(17)29-19/h3,5-12,19H,1,4,13-14H2,2H3,(H,22,25)(H,23,26)/t19-/m0/s1. The van der Waals surface area contributed by atoms with Crippen LogP contribution in [-0.4, -0.2) is 45.2 Å². The molecular weight excluding hydrogens is 406 g/mol. The van der Waals surface area contributed by atoms with Crippen LogP contribution in [0.15, 0.2) is 61.2 Å². The van der Waals surface area contributed by atoms with Gasteiger partial charge in [0.05, 0.1) is 29.2 Å². The highest BCUT2D eigenvalue weighted by molar-refractivity contribution is 7.92. The Kier molecular flexibility index (Phi) is 6.41. The number of nitrogens with zero attached hydrogens (tertiary/aromatic N) is 1. The van der Waals surface area contributed by atoms with Gasteiger partial charge in [0.2, 0.25) is 10.0 Å². The molecule has 0 saturated carbocycles. The molecule has 0 fully saturated rings. The van der Waals surface area contributed by atoms with E-state index < -0.39 is 22.0 Å². The molecule has 1 aliphatic heterocycles. The number of hydrogen-bond donors (Lipinski definition) is 2. The minimum Gasteiger partial charge on any atom is -0.476 e. The van der Waals surface area contributed by atoms with Crippen LogP contribution < -0.4 is 19.7 Å². The SMILES string of the molecule is C=CCNC(=O)c1ccccc1NC(=O)[C@@H]1CN(S(=O)(=O)CC)c2ccccc2O1. The van der Waals surface area contributed by atoms with Crippen molar-refractivity contribution in [1.82, 2.24) is 5.32 Å². The Hall–Kier alpha value is -3.33. The number of carbonyl (C=O) groups is 2. The molecule has 0 radical (unpaired) electrons. The van der Waals surface area contributed by atoms with Gasteiger partial charge in [0, 0.05) is 6.54 Å². The summed E-state index contributed by atoms with van der Waals surface area (Å²) in [6, 6.07) is 13.2. The minimum absolute atomic E-state index is 0.109. The Morgan fingerprint density at radius 3 is 2.63 bits per heavy atom. The van der Waals surface area contributed by atoms with Gasteiger partial charge in [-0.1, -0.05) is 30.3 Å². The molecular formula is C21H23N3O5S. The number of hydrogen-bond acceptors (Lipinski definition) is 5. The highest BCUT2D eigenvalue weighted by Gasteiger charge is 2.36. The molecule has 0 spiro atoms. The van der Waals surface area contributed by atoms with Crippen molar-refractivity contribution in [1.29, 1.82) is 0 Å². The van der Waals surface area contributed by atoms with Crippen molar-refractivity contribution in [3.05, 3.63) is 66.7 Å². The maximum Gasteiger partial charge on any atom is 0.267 e. The van der Waals surface area contributed by atoms with E-state index in [0.29, 0.717) is 17.1 Å². The highest BCUT2D eigenvalue weighted by Crippen LogP contribution is 2.35. The Morgan fingerprint density at radius 2 is 1.90 bits per heavy atom. The summed E-state index contributed by atoms with van der Waals surface area (Å²) >= 11 is 0. The summed E-state index contributed by atoms with van der Waals surface area (Å²) in [7, 11) is -3.61. The molecule has 0 unspecified atom stereocenters. The molecule has 2 N–H and O–H groups in total. The van der Waals surface area contributed by atoms with E-state index in [-0.39, 0.29) is 30.3 Å². The summed E-state index contributed by atoms with van der Waals surface area (Å²) in [5.41, 5.74) is 0.978. The average Bonchev–Trinajstić information content (AvgIpc) is 2.76. The predicted octanol–water partition coefficient (Wildman–Crippen LogP) is 2.16. The second-order valence-electron chi connectivity index (χ2n) is 6.54. The van der Waals surface area contributed by atoms with Crippen molar-refractivity contribution in [2.45, 2.75) is 13.0 Å².